The second kappa shape index (κ2) is 4.69. The molecule has 0 radical (unpaired) electrons. The summed E-state index contributed by atoms with van der Waals surface area (Å²) >= 11 is 0. The fraction of sp³-hybridized carbons (Fsp3) is 0.600. The van der Waals surface area contributed by atoms with Crippen LogP contribution in [0.1, 0.15) is 25.0 Å². The lowest BCUT2D eigenvalue weighted by Crippen LogP contribution is -2.42. The van der Waals surface area contributed by atoms with Crippen LogP contribution in [0.15, 0.2) is 11.1 Å². The molecule has 8 heteroatoms. The van der Waals surface area contributed by atoms with Crippen LogP contribution in [0.5, 0.6) is 0 Å². The van der Waals surface area contributed by atoms with Crippen LogP contribution in [0.2, 0.25) is 0 Å². The second-order valence-electron chi connectivity index (χ2n) is 4.58. The van der Waals surface area contributed by atoms with Gasteiger partial charge in [0, 0.05) is 12.0 Å². The number of rotatable bonds is 4. The second-order valence-corrected chi connectivity index (χ2v) is 6.26. The SMILES string of the molecule is Cc1[nH]ncc1S(=O)(=O)NC1CCCC1C(=N)N. The first-order valence-electron chi connectivity index (χ1n) is 5.78. The van der Waals surface area contributed by atoms with Gasteiger partial charge in [0.15, 0.2) is 0 Å². The summed E-state index contributed by atoms with van der Waals surface area (Å²) in [5, 5.41) is 13.8. The summed E-state index contributed by atoms with van der Waals surface area (Å²) < 4.78 is 26.9. The molecule has 1 heterocycles. The lowest BCUT2D eigenvalue weighted by Gasteiger charge is -2.19. The van der Waals surface area contributed by atoms with Gasteiger partial charge in [-0.05, 0) is 19.8 Å². The van der Waals surface area contributed by atoms with Gasteiger partial charge >= 0.3 is 0 Å². The number of H-pyrrole nitrogens is 1. The number of aryl methyl sites for hydroxylation is 1. The minimum atomic E-state index is -3.59. The summed E-state index contributed by atoms with van der Waals surface area (Å²) in [7, 11) is -3.59. The number of sulfonamides is 1. The highest BCUT2D eigenvalue weighted by molar-refractivity contribution is 7.89. The summed E-state index contributed by atoms with van der Waals surface area (Å²) in [5.41, 5.74) is 5.99. The minimum Gasteiger partial charge on any atom is -0.387 e. The number of nitrogens with zero attached hydrogens (tertiary/aromatic N) is 1. The average Bonchev–Trinajstić information content (AvgIpc) is 2.86. The Bertz CT molecular complexity index is 550. The number of hydrogen-bond acceptors (Lipinski definition) is 4. The van der Waals surface area contributed by atoms with Crippen LogP contribution >= 0.6 is 0 Å². The summed E-state index contributed by atoms with van der Waals surface area (Å²) in [4.78, 5) is 0.150. The Labute approximate surface area is 106 Å². The average molecular weight is 271 g/mol. The van der Waals surface area contributed by atoms with Gasteiger partial charge in [-0.1, -0.05) is 6.42 Å². The van der Waals surface area contributed by atoms with E-state index in [1.165, 1.54) is 6.20 Å². The van der Waals surface area contributed by atoms with Crippen molar-refractivity contribution in [3.63, 3.8) is 0 Å². The highest BCUT2D eigenvalue weighted by atomic mass is 32.2. The molecule has 100 valence electrons. The number of aromatic amines is 1. The maximum Gasteiger partial charge on any atom is 0.244 e. The van der Waals surface area contributed by atoms with Gasteiger partial charge in [0.05, 0.1) is 17.7 Å². The smallest absolute Gasteiger partial charge is 0.244 e. The van der Waals surface area contributed by atoms with Crippen LogP contribution in [0.4, 0.5) is 0 Å². The number of hydrogen-bond donors (Lipinski definition) is 4. The third kappa shape index (κ3) is 2.39. The lowest BCUT2D eigenvalue weighted by molar-refractivity contribution is 0.521. The number of nitrogens with one attached hydrogen (secondary N) is 3. The molecule has 18 heavy (non-hydrogen) atoms. The molecule has 0 amide bonds. The fourth-order valence-corrected chi connectivity index (χ4v) is 3.79. The first-order valence-corrected chi connectivity index (χ1v) is 7.26. The molecule has 1 aromatic rings. The Morgan fingerprint density at radius 1 is 1.61 bits per heavy atom. The molecular formula is C10H17N5O2S. The van der Waals surface area contributed by atoms with E-state index in [9.17, 15) is 8.42 Å². The zero-order chi connectivity index (χ0) is 13.3. The Balaban J connectivity index is 2.19. The molecule has 0 spiro atoms. The summed E-state index contributed by atoms with van der Waals surface area (Å²) in [5.74, 6) is -0.156. The van der Waals surface area contributed by atoms with Crippen LogP contribution in [-0.2, 0) is 10.0 Å². The van der Waals surface area contributed by atoms with E-state index >= 15 is 0 Å². The van der Waals surface area contributed by atoms with E-state index in [-0.39, 0.29) is 22.7 Å². The summed E-state index contributed by atoms with van der Waals surface area (Å²) in [6.07, 6.45) is 3.63. The van der Waals surface area contributed by atoms with Crippen LogP contribution < -0.4 is 10.5 Å². The predicted molar refractivity (Wildman–Crippen MR) is 66.7 cm³/mol. The molecule has 2 unspecified atom stereocenters. The molecule has 0 aliphatic heterocycles. The van der Waals surface area contributed by atoms with Crippen molar-refractivity contribution in [3.8, 4) is 0 Å². The zero-order valence-corrected chi connectivity index (χ0v) is 10.9. The Morgan fingerprint density at radius 2 is 2.33 bits per heavy atom. The van der Waals surface area contributed by atoms with Crippen molar-refractivity contribution >= 4 is 15.9 Å². The molecule has 2 atom stereocenters. The van der Waals surface area contributed by atoms with Crippen molar-refractivity contribution in [2.24, 2.45) is 11.7 Å². The number of amidine groups is 1. The van der Waals surface area contributed by atoms with Crippen LogP contribution in [0.25, 0.3) is 0 Å². The van der Waals surface area contributed by atoms with Gasteiger partial charge in [0.1, 0.15) is 4.90 Å². The Morgan fingerprint density at radius 3 is 2.89 bits per heavy atom. The van der Waals surface area contributed by atoms with E-state index in [1.807, 2.05) is 0 Å². The number of nitrogens with two attached hydrogens (primary N) is 1. The van der Waals surface area contributed by atoms with Gasteiger partial charge in [-0.25, -0.2) is 13.1 Å². The normalized spacial score (nSPS) is 24.3. The molecular weight excluding hydrogens is 254 g/mol. The van der Waals surface area contributed by atoms with E-state index < -0.39 is 10.0 Å². The van der Waals surface area contributed by atoms with Gasteiger partial charge in [-0.3, -0.25) is 10.5 Å². The Hall–Kier alpha value is -1.41. The van der Waals surface area contributed by atoms with Crippen molar-refractivity contribution in [2.75, 3.05) is 0 Å². The molecule has 1 fully saturated rings. The van der Waals surface area contributed by atoms with Crippen molar-refractivity contribution in [3.05, 3.63) is 11.9 Å². The monoisotopic (exact) mass is 271 g/mol. The van der Waals surface area contributed by atoms with Gasteiger partial charge in [-0.2, -0.15) is 5.10 Å². The van der Waals surface area contributed by atoms with Crippen molar-refractivity contribution in [2.45, 2.75) is 37.1 Å². The quantitative estimate of drug-likeness (QED) is 0.458. The molecule has 1 saturated carbocycles. The first-order chi connectivity index (χ1) is 8.42. The van der Waals surface area contributed by atoms with Crippen molar-refractivity contribution in [1.29, 1.82) is 5.41 Å². The highest BCUT2D eigenvalue weighted by Gasteiger charge is 2.33. The molecule has 7 nitrogen and oxygen atoms in total. The Kier molecular flexibility index (Phi) is 3.40. The molecule has 2 rings (SSSR count). The molecule has 0 aromatic carbocycles. The third-order valence-corrected chi connectivity index (χ3v) is 4.90. The van der Waals surface area contributed by atoms with Crippen LogP contribution in [0.3, 0.4) is 0 Å². The molecule has 0 saturated heterocycles. The first kappa shape index (κ1) is 13.0. The standard InChI is InChI=1S/C10H17N5O2S/c1-6-9(5-13-14-6)18(16,17)15-8-4-2-3-7(8)10(11)12/h5,7-8,15H,2-4H2,1H3,(H3,11,12)(H,13,14). The van der Waals surface area contributed by atoms with E-state index in [0.29, 0.717) is 12.1 Å². The predicted octanol–water partition coefficient (Wildman–Crippen LogP) is 0.101. The summed E-state index contributed by atoms with van der Waals surface area (Å²) in [6.45, 7) is 1.65. The molecule has 1 aliphatic rings. The summed E-state index contributed by atoms with van der Waals surface area (Å²) in [6, 6.07) is -0.290. The maximum atomic E-state index is 12.2. The molecule has 0 bridgehead atoms. The number of aromatic nitrogens is 2. The zero-order valence-electron chi connectivity index (χ0n) is 10.1. The van der Waals surface area contributed by atoms with Crippen LogP contribution in [-0.4, -0.2) is 30.5 Å². The largest absolute Gasteiger partial charge is 0.387 e. The van der Waals surface area contributed by atoms with Gasteiger partial charge in [0.25, 0.3) is 0 Å². The van der Waals surface area contributed by atoms with E-state index in [0.717, 1.165) is 12.8 Å². The topological polar surface area (TPSA) is 125 Å². The van der Waals surface area contributed by atoms with E-state index in [2.05, 4.69) is 14.9 Å². The lowest BCUT2D eigenvalue weighted by atomic mass is 10.0. The van der Waals surface area contributed by atoms with E-state index in [1.54, 1.807) is 6.92 Å². The third-order valence-electron chi connectivity index (χ3n) is 3.30. The minimum absolute atomic E-state index is 0.0455. The van der Waals surface area contributed by atoms with Gasteiger partial charge in [-0.15, -0.1) is 0 Å². The van der Waals surface area contributed by atoms with Gasteiger partial charge < -0.3 is 5.73 Å². The van der Waals surface area contributed by atoms with Crippen LogP contribution in [0, 0.1) is 18.3 Å². The molecule has 5 N–H and O–H groups in total. The van der Waals surface area contributed by atoms with Gasteiger partial charge in [0.2, 0.25) is 10.0 Å². The fourth-order valence-electron chi connectivity index (χ4n) is 2.35. The molecule has 1 aliphatic carbocycles. The van der Waals surface area contributed by atoms with E-state index in [4.69, 9.17) is 11.1 Å². The maximum absolute atomic E-state index is 12.2. The molecule has 1 aromatic heterocycles. The van der Waals surface area contributed by atoms with Crippen molar-refractivity contribution < 1.29 is 8.42 Å². The van der Waals surface area contributed by atoms with Crippen molar-refractivity contribution in [1.82, 2.24) is 14.9 Å². The highest BCUT2D eigenvalue weighted by Crippen LogP contribution is 2.27.